The molecule has 0 bridgehead atoms. The minimum Gasteiger partial charge on any atom is -0.463 e. The minimum atomic E-state index is -4.45. The Balaban J connectivity index is 3.80. The number of phosphoric acid groups is 1. The van der Waals surface area contributed by atoms with Gasteiger partial charge in [0, 0.05) is 19.4 Å². The van der Waals surface area contributed by atoms with E-state index in [0.29, 0.717) is 19.3 Å². The van der Waals surface area contributed by atoms with Gasteiger partial charge in [-0.3, -0.25) is 18.6 Å². The van der Waals surface area contributed by atoms with Crippen LogP contribution in [0.2, 0.25) is 0 Å². The molecule has 0 aliphatic carbocycles. The van der Waals surface area contributed by atoms with Gasteiger partial charge in [-0.25, -0.2) is 4.57 Å². The Morgan fingerprint density at radius 3 is 1.49 bits per heavy atom. The van der Waals surface area contributed by atoms with Crippen LogP contribution in [0.3, 0.4) is 0 Å². The van der Waals surface area contributed by atoms with Crippen LogP contribution in [0.5, 0.6) is 0 Å². The van der Waals surface area contributed by atoms with Crippen LogP contribution in [-0.4, -0.2) is 54.3 Å². The second kappa shape index (κ2) is 38.4. The summed E-state index contributed by atoms with van der Waals surface area (Å²) in [4.78, 5) is 33.8. The van der Waals surface area contributed by atoms with Crippen LogP contribution in [0.1, 0.15) is 117 Å². The molecule has 1 amide bonds. The van der Waals surface area contributed by atoms with E-state index in [1.54, 1.807) is 0 Å². The van der Waals surface area contributed by atoms with Crippen molar-refractivity contribution in [3.63, 3.8) is 0 Å². The number of rotatable bonds is 34. The number of nitrogens with one attached hydrogen (secondary N) is 1. The third kappa shape index (κ3) is 39.7. The number of aliphatic hydroxyl groups excluding tert-OH is 1. The first kappa shape index (κ1) is 49.7. The number of esters is 1. The summed E-state index contributed by atoms with van der Waals surface area (Å²) in [6, 6.07) is 0. The van der Waals surface area contributed by atoms with E-state index in [2.05, 4.69) is 129 Å². The summed E-state index contributed by atoms with van der Waals surface area (Å²) in [6.45, 7) is 3.16. The largest absolute Gasteiger partial charge is 0.472 e. The monoisotopic (exact) mass is 757 g/mol. The van der Waals surface area contributed by atoms with Crippen molar-refractivity contribution >= 4 is 19.7 Å². The van der Waals surface area contributed by atoms with Crippen LogP contribution >= 0.6 is 7.82 Å². The van der Waals surface area contributed by atoms with Crippen LogP contribution in [0.4, 0.5) is 0 Å². The van der Waals surface area contributed by atoms with Crippen LogP contribution in [-0.2, 0) is 27.9 Å². The van der Waals surface area contributed by atoms with Crippen molar-refractivity contribution in [3.8, 4) is 0 Å². The molecule has 0 saturated heterocycles. The molecule has 298 valence electrons. The summed E-state index contributed by atoms with van der Waals surface area (Å²) in [5.74, 6) is -0.632. The lowest BCUT2D eigenvalue weighted by Gasteiger charge is -2.15. The molecule has 2 unspecified atom stereocenters. The van der Waals surface area contributed by atoms with Gasteiger partial charge in [-0.15, -0.1) is 0 Å². The highest BCUT2D eigenvalue weighted by Gasteiger charge is 2.23. The summed E-state index contributed by atoms with van der Waals surface area (Å²) in [7, 11) is -4.45. The Hall–Kier alpha value is -3.33. The topological polar surface area (TPSA) is 131 Å². The van der Waals surface area contributed by atoms with Gasteiger partial charge in [-0.2, -0.15) is 0 Å². The molecule has 0 spiro atoms. The van der Waals surface area contributed by atoms with Gasteiger partial charge in [-0.1, -0.05) is 123 Å². The van der Waals surface area contributed by atoms with E-state index in [9.17, 15) is 24.2 Å². The maximum absolute atomic E-state index is 12.1. The van der Waals surface area contributed by atoms with E-state index < -0.39 is 26.5 Å². The average molecular weight is 758 g/mol. The zero-order valence-electron chi connectivity index (χ0n) is 32.4. The molecule has 0 radical (unpaired) electrons. The molecule has 3 N–H and O–H groups in total. The SMILES string of the molecule is CC/C=C\C/C=C\C/C=C\C/C=C\C/C=C\CCCC(=O)NCCOP(=O)(O)OCC(O)COC(=O)CCCC/C=C\C/C=C\C/C=C\C/C=C\CC. The lowest BCUT2D eigenvalue weighted by atomic mass is 10.2. The molecule has 0 aromatic carbocycles. The van der Waals surface area contributed by atoms with E-state index in [1.807, 2.05) is 0 Å². The van der Waals surface area contributed by atoms with E-state index in [-0.39, 0.29) is 32.1 Å². The van der Waals surface area contributed by atoms with Crippen molar-refractivity contribution in [2.75, 3.05) is 26.4 Å². The van der Waals surface area contributed by atoms with Gasteiger partial charge < -0.3 is 20.1 Å². The zero-order chi connectivity index (χ0) is 38.9. The maximum atomic E-state index is 12.1. The first-order valence-electron chi connectivity index (χ1n) is 19.4. The van der Waals surface area contributed by atoms with Crippen LogP contribution in [0, 0.1) is 0 Å². The fourth-order valence-electron chi connectivity index (χ4n) is 4.34. The number of carbonyl (C=O) groups is 2. The van der Waals surface area contributed by atoms with Gasteiger partial charge in [0.1, 0.15) is 12.7 Å². The highest BCUT2D eigenvalue weighted by atomic mass is 31.2. The zero-order valence-corrected chi connectivity index (χ0v) is 33.3. The van der Waals surface area contributed by atoms with E-state index in [1.165, 1.54) is 0 Å². The molecule has 9 nitrogen and oxygen atoms in total. The van der Waals surface area contributed by atoms with Gasteiger partial charge >= 0.3 is 13.8 Å². The average Bonchev–Trinajstić information content (AvgIpc) is 3.14. The first-order valence-corrected chi connectivity index (χ1v) is 20.9. The molecule has 10 heteroatoms. The molecular formula is C43H68NO8P. The van der Waals surface area contributed by atoms with Crippen molar-refractivity contribution in [1.29, 1.82) is 0 Å². The molecule has 0 aliphatic rings. The molecule has 0 saturated carbocycles. The standard InChI is InChI=1S/C43H68NO8P/c1-3-5-7-9-11-13-15-17-19-20-22-23-25-27-29-31-33-35-42(46)44-37-38-51-53(48,49)52-40-41(45)39-50-43(47)36-34-32-30-28-26-24-21-18-16-14-12-10-8-6-4-2/h5-8,11-14,17-19,21-23,26-29,41,45H,3-4,9-10,15-16,20,24-25,30-40H2,1-2H3,(H,44,46)(H,48,49)/b7-5-,8-6-,13-11-,14-12-,19-17-,21-18-,23-22-,28-26-,29-27-. The number of hydrogen-bond acceptors (Lipinski definition) is 7. The van der Waals surface area contributed by atoms with Crippen molar-refractivity contribution in [1.82, 2.24) is 5.32 Å². The minimum absolute atomic E-state index is 0.0386. The normalized spacial score (nSPS) is 14.6. The lowest BCUT2D eigenvalue weighted by Crippen LogP contribution is -2.27. The molecule has 2 atom stereocenters. The van der Waals surface area contributed by atoms with Crippen LogP contribution < -0.4 is 5.32 Å². The molecule has 0 heterocycles. The first-order chi connectivity index (χ1) is 25.8. The Kier molecular flexibility index (Phi) is 36.0. The van der Waals surface area contributed by atoms with Crippen LogP contribution in [0.15, 0.2) is 109 Å². The van der Waals surface area contributed by atoms with Crippen molar-refractivity contribution in [2.45, 2.75) is 123 Å². The number of aliphatic hydroxyl groups is 1. The highest BCUT2D eigenvalue weighted by Crippen LogP contribution is 2.42. The molecular weight excluding hydrogens is 689 g/mol. The van der Waals surface area contributed by atoms with Crippen molar-refractivity contribution < 1.29 is 37.9 Å². The Morgan fingerprint density at radius 2 is 1.02 bits per heavy atom. The fraction of sp³-hybridized carbons (Fsp3) is 0.535. The Labute approximate surface area is 320 Å². The summed E-state index contributed by atoms with van der Waals surface area (Å²) >= 11 is 0. The van der Waals surface area contributed by atoms with E-state index in [4.69, 9.17) is 13.8 Å². The number of allylic oxidation sites excluding steroid dienone is 18. The molecule has 0 rings (SSSR count). The van der Waals surface area contributed by atoms with Crippen molar-refractivity contribution in [3.05, 3.63) is 109 Å². The second-order valence-corrected chi connectivity index (χ2v) is 13.6. The van der Waals surface area contributed by atoms with Gasteiger partial charge in [0.2, 0.25) is 5.91 Å². The molecule has 53 heavy (non-hydrogen) atoms. The number of unbranched alkanes of at least 4 members (excludes halogenated alkanes) is 3. The third-order valence-electron chi connectivity index (χ3n) is 7.20. The predicted molar refractivity (Wildman–Crippen MR) is 219 cm³/mol. The van der Waals surface area contributed by atoms with Crippen molar-refractivity contribution in [2.24, 2.45) is 0 Å². The molecule has 0 aromatic rings. The Morgan fingerprint density at radius 1 is 0.585 bits per heavy atom. The van der Waals surface area contributed by atoms with Gasteiger partial charge in [-0.05, 0) is 89.9 Å². The fourth-order valence-corrected chi connectivity index (χ4v) is 5.10. The van der Waals surface area contributed by atoms with E-state index in [0.717, 1.165) is 77.0 Å². The van der Waals surface area contributed by atoms with Gasteiger partial charge in [0.15, 0.2) is 0 Å². The highest BCUT2D eigenvalue weighted by molar-refractivity contribution is 7.47. The second-order valence-electron chi connectivity index (χ2n) is 12.1. The number of amides is 1. The van der Waals surface area contributed by atoms with Crippen LogP contribution in [0.25, 0.3) is 0 Å². The smallest absolute Gasteiger partial charge is 0.463 e. The number of hydrogen-bond donors (Lipinski definition) is 3. The molecule has 0 fully saturated rings. The summed E-state index contributed by atoms with van der Waals surface area (Å²) in [5, 5.41) is 12.6. The number of carbonyl (C=O) groups excluding carboxylic acids is 2. The Bertz CT molecular complexity index is 1230. The summed E-state index contributed by atoms with van der Waals surface area (Å²) in [5.41, 5.74) is 0. The quantitative estimate of drug-likeness (QED) is 0.0256. The summed E-state index contributed by atoms with van der Waals surface area (Å²) < 4.78 is 26.7. The molecule has 0 aliphatic heterocycles. The maximum Gasteiger partial charge on any atom is 0.472 e. The van der Waals surface area contributed by atoms with Gasteiger partial charge in [0.25, 0.3) is 0 Å². The lowest BCUT2D eigenvalue weighted by molar-refractivity contribution is -0.147. The molecule has 0 aromatic heterocycles. The third-order valence-corrected chi connectivity index (χ3v) is 8.18. The number of ether oxygens (including phenoxy) is 1. The summed E-state index contributed by atoms with van der Waals surface area (Å²) in [6.07, 6.45) is 50.3. The number of phosphoric ester groups is 1. The van der Waals surface area contributed by atoms with E-state index >= 15 is 0 Å². The van der Waals surface area contributed by atoms with Gasteiger partial charge in [0.05, 0.1) is 13.2 Å². The predicted octanol–water partition coefficient (Wildman–Crippen LogP) is 10.4.